The molecule has 0 saturated carbocycles. The lowest BCUT2D eigenvalue weighted by Crippen LogP contribution is -2.05. The number of nitrogens with zero attached hydrogens (tertiary/aromatic N) is 1. The van der Waals surface area contributed by atoms with Crippen molar-refractivity contribution >= 4 is 44.3 Å². The summed E-state index contributed by atoms with van der Waals surface area (Å²) in [6.07, 6.45) is 1.60. The second-order valence-corrected chi connectivity index (χ2v) is 7.03. The minimum atomic E-state index is -0.379. The molecule has 0 saturated heterocycles. The van der Waals surface area contributed by atoms with E-state index in [9.17, 15) is 9.18 Å². The van der Waals surface area contributed by atoms with Crippen LogP contribution in [-0.4, -0.2) is 15.0 Å². The second-order valence-electron chi connectivity index (χ2n) is 5.97. The summed E-state index contributed by atoms with van der Waals surface area (Å²) in [4.78, 5) is 24.2. The maximum absolute atomic E-state index is 13.8. The van der Waals surface area contributed by atoms with Crippen LogP contribution in [0.5, 0.6) is 0 Å². The van der Waals surface area contributed by atoms with Crippen LogP contribution in [0.25, 0.3) is 32.6 Å². The van der Waals surface area contributed by atoms with Crippen molar-refractivity contribution in [2.45, 2.75) is 10.1 Å². The van der Waals surface area contributed by atoms with E-state index >= 15 is 0 Å². The molecule has 2 N–H and O–H groups in total. The van der Waals surface area contributed by atoms with Crippen molar-refractivity contribution in [3.05, 3.63) is 77.0 Å². The fourth-order valence-corrected chi connectivity index (χ4v) is 4.08. The molecule has 6 heteroatoms. The Kier molecular flexibility index (Phi) is 3.33. The smallest absolute Gasteiger partial charge is 0.256 e. The number of halogens is 1. The number of fused-ring (bicyclic) bond motifs is 6. The highest BCUT2D eigenvalue weighted by Crippen LogP contribution is 2.35. The van der Waals surface area contributed by atoms with Crippen LogP contribution in [0.1, 0.15) is 0 Å². The van der Waals surface area contributed by atoms with Crippen molar-refractivity contribution in [1.82, 2.24) is 15.0 Å². The molecule has 0 unspecified atom stereocenters. The standard InChI is InChI=1S/C20H12FN3OS/c21-11-6-7-13-15(10-11)16-14(8-9-22-19(16)25)18-17(13)23-20(24-18)26-12-4-2-1-3-5-12/h1-10H,(H,22,25)(H,23,24). The van der Waals surface area contributed by atoms with Crippen LogP contribution < -0.4 is 5.56 Å². The van der Waals surface area contributed by atoms with Crippen LogP contribution in [-0.2, 0) is 0 Å². The van der Waals surface area contributed by atoms with Gasteiger partial charge in [0, 0.05) is 27.3 Å². The van der Waals surface area contributed by atoms with Crippen molar-refractivity contribution < 1.29 is 4.39 Å². The third-order valence-corrected chi connectivity index (χ3v) is 5.27. The number of benzene rings is 3. The molecule has 2 aromatic heterocycles. The van der Waals surface area contributed by atoms with Crippen LogP contribution in [0.15, 0.2) is 75.6 Å². The molecule has 0 radical (unpaired) electrons. The summed E-state index contributed by atoms with van der Waals surface area (Å²) in [6.45, 7) is 0. The zero-order valence-corrected chi connectivity index (χ0v) is 14.2. The highest BCUT2D eigenvalue weighted by atomic mass is 32.2. The molecular formula is C20H12FN3OS. The van der Waals surface area contributed by atoms with Gasteiger partial charge in [0.1, 0.15) is 5.82 Å². The number of aromatic nitrogens is 3. The van der Waals surface area contributed by atoms with E-state index in [-0.39, 0.29) is 11.4 Å². The van der Waals surface area contributed by atoms with E-state index in [1.807, 2.05) is 36.4 Å². The molecule has 0 bridgehead atoms. The molecule has 26 heavy (non-hydrogen) atoms. The number of imidazole rings is 1. The fraction of sp³-hybridized carbons (Fsp3) is 0. The Balaban J connectivity index is 1.87. The van der Waals surface area contributed by atoms with Crippen LogP contribution in [0.4, 0.5) is 4.39 Å². The summed E-state index contributed by atoms with van der Waals surface area (Å²) in [5, 5.41) is 3.24. The number of nitrogens with one attached hydrogen (secondary N) is 2. The van der Waals surface area contributed by atoms with E-state index in [1.54, 1.807) is 12.3 Å². The van der Waals surface area contributed by atoms with Gasteiger partial charge in [-0.25, -0.2) is 9.37 Å². The number of aromatic amines is 2. The van der Waals surface area contributed by atoms with E-state index in [4.69, 9.17) is 4.98 Å². The summed E-state index contributed by atoms with van der Waals surface area (Å²) >= 11 is 1.51. The highest BCUT2D eigenvalue weighted by Gasteiger charge is 2.16. The van der Waals surface area contributed by atoms with Gasteiger partial charge in [-0.15, -0.1) is 0 Å². The maximum atomic E-state index is 13.8. The second kappa shape index (κ2) is 5.71. The van der Waals surface area contributed by atoms with Gasteiger partial charge in [0.15, 0.2) is 5.16 Å². The topological polar surface area (TPSA) is 61.5 Å². The zero-order valence-electron chi connectivity index (χ0n) is 13.4. The third kappa shape index (κ3) is 2.30. The molecule has 0 aliphatic heterocycles. The van der Waals surface area contributed by atoms with Crippen LogP contribution in [0, 0.1) is 5.82 Å². The minimum absolute atomic E-state index is 0.244. The van der Waals surface area contributed by atoms with E-state index in [0.29, 0.717) is 10.8 Å². The number of pyridine rings is 1. The predicted octanol–water partition coefficient (Wildman–Crippen LogP) is 4.85. The Hall–Kier alpha value is -3.12. The molecular weight excluding hydrogens is 349 g/mol. The van der Waals surface area contributed by atoms with E-state index in [2.05, 4.69) is 9.97 Å². The largest absolute Gasteiger partial charge is 0.332 e. The van der Waals surface area contributed by atoms with Crippen LogP contribution >= 0.6 is 11.8 Å². The first-order chi connectivity index (χ1) is 12.7. The third-order valence-electron chi connectivity index (χ3n) is 4.38. The summed E-state index contributed by atoms with van der Waals surface area (Å²) in [5.41, 5.74) is 1.27. The number of hydrogen-bond acceptors (Lipinski definition) is 3. The molecule has 2 heterocycles. The quantitative estimate of drug-likeness (QED) is 0.442. The van der Waals surface area contributed by atoms with Crippen molar-refractivity contribution in [2.24, 2.45) is 0 Å². The Morgan fingerprint density at radius 2 is 1.81 bits per heavy atom. The van der Waals surface area contributed by atoms with Gasteiger partial charge in [-0.2, -0.15) is 0 Å². The summed E-state index contributed by atoms with van der Waals surface area (Å²) in [6, 6.07) is 16.2. The first-order valence-electron chi connectivity index (χ1n) is 8.06. The Morgan fingerprint density at radius 1 is 0.962 bits per heavy atom. The summed E-state index contributed by atoms with van der Waals surface area (Å²) in [7, 11) is 0. The van der Waals surface area contributed by atoms with Gasteiger partial charge >= 0.3 is 0 Å². The molecule has 0 aliphatic carbocycles. The summed E-state index contributed by atoms with van der Waals surface area (Å²) in [5.74, 6) is -0.379. The monoisotopic (exact) mass is 361 g/mol. The summed E-state index contributed by atoms with van der Waals surface area (Å²) < 4.78 is 13.8. The van der Waals surface area contributed by atoms with Gasteiger partial charge in [-0.05, 0) is 36.4 Å². The molecule has 0 fully saturated rings. The van der Waals surface area contributed by atoms with E-state index in [1.165, 1.54) is 23.9 Å². The molecule has 5 rings (SSSR count). The Labute approximate surface area is 151 Å². The van der Waals surface area contributed by atoms with Gasteiger partial charge in [-0.3, -0.25) is 4.79 Å². The van der Waals surface area contributed by atoms with E-state index < -0.39 is 0 Å². The van der Waals surface area contributed by atoms with Crippen molar-refractivity contribution in [3.63, 3.8) is 0 Å². The van der Waals surface area contributed by atoms with Crippen molar-refractivity contribution in [2.75, 3.05) is 0 Å². The lowest BCUT2D eigenvalue weighted by molar-refractivity contribution is 0.630. The van der Waals surface area contributed by atoms with Gasteiger partial charge in [-0.1, -0.05) is 30.0 Å². The van der Waals surface area contributed by atoms with Crippen LogP contribution in [0.2, 0.25) is 0 Å². The van der Waals surface area contributed by atoms with E-state index in [0.717, 1.165) is 31.9 Å². The van der Waals surface area contributed by atoms with Crippen molar-refractivity contribution in [3.8, 4) is 0 Å². The normalized spacial score (nSPS) is 11.6. The number of hydrogen-bond donors (Lipinski definition) is 2. The van der Waals surface area contributed by atoms with Gasteiger partial charge in [0.2, 0.25) is 0 Å². The molecule has 0 aliphatic rings. The Morgan fingerprint density at radius 3 is 2.65 bits per heavy atom. The van der Waals surface area contributed by atoms with Crippen LogP contribution in [0.3, 0.4) is 0 Å². The SMILES string of the molecule is O=c1[nH]ccc2c3[nH]c(Sc4ccccc4)nc3c3ccc(F)cc3c12. The molecule has 5 aromatic rings. The molecule has 0 atom stereocenters. The average Bonchev–Trinajstić information content (AvgIpc) is 3.06. The number of H-pyrrole nitrogens is 2. The average molecular weight is 361 g/mol. The first kappa shape index (κ1) is 15.2. The lowest BCUT2D eigenvalue weighted by atomic mass is 10.0. The Bertz CT molecular complexity index is 1340. The number of rotatable bonds is 2. The lowest BCUT2D eigenvalue weighted by Gasteiger charge is -2.05. The maximum Gasteiger partial charge on any atom is 0.256 e. The molecule has 0 spiro atoms. The fourth-order valence-electron chi connectivity index (χ4n) is 3.27. The first-order valence-corrected chi connectivity index (χ1v) is 8.87. The minimum Gasteiger partial charge on any atom is -0.332 e. The van der Waals surface area contributed by atoms with Gasteiger partial charge in [0.25, 0.3) is 5.56 Å². The molecule has 0 amide bonds. The van der Waals surface area contributed by atoms with Crippen molar-refractivity contribution in [1.29, 1.82) is 0 Å². The molecule has 126 valence electrons. The van der Waals surface area contributed by atoms with Gasteiger partial charge < -0.3 is 9.97 Å². The predicted molar refractivity (Wildman–Crippen MR) is 102 cm³/mol. The highest BCUT2D eigenvalue weighted by molar-refractivity contribution is 7.99. The van der Waals surface area contributed by atoms with Gasteiger partial charge in [0.05, 0.1) is 16.4 Å². The molecule has 3 aromatic carbocycles. The molecule has 4 nitrogen and oxygen atoms in total. The zero-order chi connectivity index (χ0) is 17.7.